The van der Waals surface area contributed by atoms with E-state index in [1.165, 1.54) is 6.42 Å². The second-order valence-electron chi connectivity index (χ2n) is 4.34. The molecular weight excluding hydrogens is 162 g/mol. The normalized spacial score (nSPS) is 39.3. The van der Waals surface area contributed by atoms with Gasteiger partial charge in [-0.1, -0.05) is 12.8 Å². The third kappa shape index (κ3) is 1.18. The van der Waals surface area contributed by atoms with Crippen LogP contribution in [0, 0.1) is 22.7 Å². The van der Waals surface area contributed by atoms with Crippen molar-refractivity contribution in [3.8, 4) is 6.07 Å². The number of ketones is 1. The monoisotopic (exact) mass is 177 g/mol. The number of fused-ring (bicyclic) bond motifs is 1. The Kier molecular flexibility index (Phi) is 2.11. The molecule has 13 heavy (non-hydrogen) atoms. The Bertz CT molecular complexity index is 264. The fraction of sp³-hybridized carbons (Fsp3) is 0.818. The van der Waals surface area contributed by atoms with Crippen molar-refractivity contribution < 1.29 is 4.79 Å². The second kappa shape index (κ2) is 3.14. The van der Waals surface area contributed by atoms with E-state index >= 15 is 0 Å². The molecule has 2 aliphatic carbocycles. The summed E-state index contributed by atoms with van der Waals surface area (Å²) in [5, 5.41) is 9.18. The van der Waals surface area contributed by atoms with Crippen molar-refractivity contribution in [1.82, 2.24) is 0 Å². The van der Waals surface area contributed by atoms with Gasteiger partial charge in [0.15, 0.2) is 5.78 Å². The number of Topliss-reactive ketones (excluding diaryl/α,β-unsaturated/α-hetero) is 1. The second-order valence-corrected chi connectivity index (χ2v) is 4.34. The molecular formula is C11H15NO. The first-order chi connectivity index (χ1) is 6.29. The molecule has 0 amide bonds. The van der Waals surface area contributed by atoms with E-state index in [9.17, 15) is 10.1 Å². The van der Waals surface area contributed by atoms with Crippen LogP contribution in [0.4, 0.5) is 0 Å². The molecule has 2 atom stereocenters. The molecule has 0 radical (unpaired) electrons. The fourth-order valence-corrected chi connectivity index (χ4v) is 2.94. The highest BCUT2D eigenvalue weighted by molar-refractivity contribution is 5.88. The minimum absolute atomic E-state index is 0.228. The molecule has 2 heteroatoms. The topological polar surface area (TPSA) is 40.9 Å². The van der Waals surface area contributed by atoms with Crippen molar-refractivity contribution in [2.45, 2.75) is 44.9 Å². The summed E-state index contributed by atoms with van der Waals surface area (Å²) in [6, 6.07) is 2.32. The Morgan fingerprint density at radius 3 is 2.77 bits per heavy atom. The van der Waals surface area contributed by atoms with Gasteiger partial charge in [0.05, 0.1) is 6.07 Å². The molecule has 2 rings (SSSR count). The zero-order valence-corrected chi connectivity index (χ0v) is 7.88. The summed E-state index contributed by atoms with van der Waals surface area (Å²) in [5.74, 6) is 0.610. The molecule has 0 bridgehead atoms. The molecule has 70 valence electrons. The summed E-state index contributed by atoms with van der Waals surface area (Å²) in [5.41, 5.74) is -0.559. The van der Waals surface area contributed by atoms with E-state index in [-0.39, 0.29) is 5.78 Å². The summed E-state index contributed by atoms with van der Waals surface area (Å²) >= 11 is 0. The van der Waals surface area contributed by atoms with Gasteiger partial charge in [0.2, 0.25) is 0 Å². The van der Waals surface area contributed by atoms with E-state index in [0.29, 0.717) is 12.3 Å². The molecule has 0 aliphatic heterocycles. The summed E-state index contributed by atoms with van der Waals surface area (Å²) in [6.45, 7) is 0. The Labute approximate surface area is 78.9 Å². The van der Waals surface area contributed by atoms with Gasteiger partial charge in [0.25, 0.3) is 0 Å². The molecule has 0 N–H and O–H groups in total. The maximum atomic E-state index is 11.8. The van der Waals surface area contributed by atoms with Gasteiger partial charge >= 0.3 is 0 Å². The van der Waals surface area contributed by atoms with Gasteiger partial charge < -0.3 is 0 Å². The first-order valence-electron chi connectivity index (χ1n) is 5.24. The van der Waals surface area contributed by atoms with E-state index < -0.39 is 5.41 Å². The largest absolute Gasteiger partial charge is 0.298 e. The molecule has 2 nitrogen and oxygen atoms in total. The van der Waals surface area contributed by atoms with Crippen LogP contribution in [-0.2, 0) is 4.79 Å². The van der Waals surface area contributed by atoms with Gasteiger partial charge in [-0.3, -0.25) is 4.79 Å². The average Bonchev–Trinajstić information content (AvgIpc) is 2.19. The van der Waals surface area contributed by atoms with Crippen LogP contribution in [-0.4, -0.2) is 5.78 Å². The Balaban J connectivity index is 2.30. The SMILES string of the molecule is N#CC12CCCCC1CCCC2=O. The van der Waals surface area contributed by atoms with E-state index in [1.807, 2.05) is 0 Å². The van der Waals surface area contributed by atoms with Crippen molar-refractivity contribution in [2.24, 2.45) is 11.3 Å². The van der Waals surface area contributed by atoms with Gasteiger partial charge in [-0.05, 0) is 31.6 Å². The van der Waals surface area contributed by atoms with Crippen LogP contribution in [0.25, 0.3) is 0 Å². The van der Waals surface area contributed by atoms with Crippen LogP contribution in [0.5, 0.6) is 0 Å². The van der Waals surface area contributed by atoms with Crippen LogP contribution in [0.15, 0.2) is 0 Å². The van der Waals surface area contributed by atoms with Gasteiger partial charge in [0, 0.05) is 6.42 Å². The highest BCUT2D eigenvalue weighted by Gasteiger charge is 2.48. The number of nitriles is 1. The lowest BCUT2D eigenvalue weighted by molar-refractivity contribution is -0.133. The first-order valence-corrected chi connectivity index (χ1v) is 5.24. The standard InChI is InChI=1S/C11H15NO/c12-8-11-7-2-1-4-9(11)5-3-6-10(11)13/h9H,1-7H2. The van der Waals surface area contributed by atoms with Gasteiger partial charge in [-0.2, -0.15) is 5.26 Å². The molecule has 0 aromatic carbocycles. The van der Waals surface area contributed by atoms with Crippen molar-refractivity contribution in [2.75, 3.05) is 0 Å². The third-order valence-electron chi connectivity index (χ3n) is 3.72. The summed E-state index contributed by atoms with van der Waals surface area (Å²) in [7, 11) is 0. The zero-order chi connectivity index (χ0) is 9.31. The van der Waals surface area contributed by atoms with E-state index in [2.05, 4.69) is 6.07 Å². The molecule has 0 heterocycles. The summed E-state index contributed by atoms with van der Waals surface area (Å²) < 4.78 is 0. The molecule has 0 aromatic heterocycles. The molecule has 0 aromatic rings. The molecule has 0 spiro atoms. The number of rotatable bonds is 0. The van der Waals surface area contributed by atoms with Crippen molar-refractivity contribution >= 4 is 5.78 Å². The van der Waals surface area contributed by atoms with Crippen LogP contribution in [0.2, 0.25) is 0 Å². The summed E-state index contributed by atoms with van der Waals surface area (Å²) in [6.07, 6.45) is 6.94. The van der Waals surface area contributed by atoms with Gasteiger partial charge in [0.1, 0.15) is 5.41 Å². The predicted molar refractivity (Wildman–Crippen MR) is 48.9 cm³/mol. The van der Waals surface area contributed by atoms with Crippen LogP contribution in [0.3, 0.4) is 0 Å². The molecule has 2 saturated carbocycles. The molecule has 2 aliphatic rings. The highest BCUT2D eigenvalue weighted by atomic mass is 16.1. The van der Waals surface area contributed by atoms with E-state index in [1.54, 1.807) is 0 Å². The average molecular weight is 177 g/mol. The lowest BCUT2D eigenvalue weighted by Gasteiger charge is -2.40. The first kappa shape index (κ1) is 8.74. The molecule has 2 fully saturated rings. The lowest BCUT2D eigenvalue weighted by Crippen LogP contribution is -2.42. The Morgan fingerprint density at radius 2 is 2.08 bits per heavy atom. The number of carbonyl (C=O) groups excluding carboxylic acids is 1. The van der Waals surface area contributed by atoms with Crippen LogP contribution in [0.1, 0.15) is 44.9 Å². The van der Waals surface area contributed by atoms with Gasteiger partial charge in [-0.15, -0.1) is 0 Å². The highest BCUT2D eigenvalue weighted by Crippen LogP contribution is 2.47. The number of hydrogen-bond donors (Lipinski definition) is 0. The Hall–Kier alpha value is -0.840. The number of carbonyl (C=O) groups is 1. The molecule has 2 unspecified atom stereocenters. The summed E-state index contributed by atoms with van der Waals surface area (Å²) in [4.78, 5) is 11.8. The van der Waals surface area contributed by atoms with E-state index in [4.69, 9.17) is 0 Å². The minimum atomic E-state index is -0.559. The van der Waals surface area contributed by atoms with Crippen LogP contribution >= 0.6 is 0 Å². The lowest BCUT2D eigenvalue weighted by atomic mass is 9.59. The van der Waals surface area contributed by atoms with Crippen LogP contribution < -0.4 is 0 Å². The molecule has 0 saturated heterocycles. The maximum Gasteiger partial charge on any atom is 0.153 e. The fourth-order valence-electron chi connectivity index (χ4n) is 2.94. The predicted octanol–water partition coefficient (Wildman–Crippen LogP) is 2.44. The van der Waals surface area contributed by atoms with Crippen molar-refractivity contribution in [1.29, 1.82) is 5.26 Å². The minimum Gasteiger partial charge on any atom is -0.298 e. The smallest absolute Gasteiger partial charge is 0.153 e. The van der Waals surface area contributed by atoms with Crippen molar-refractivity contribution in [3.63, 3.8) is 0 Å². The van der Waals surface area contributed by atoms with Gasteiger partial charge in [-0.25, -0.2) is 0 Å². The number of nitrogens with zero attached hydrogens (tertiary/aromatic N) is 1. The zero-order valence-electron chi connectivity index (χ0n) is 7.88. The number of hydrogen-bond acceptors (Lipinski definition) is 2. The third-order valence-corrected chi connectivity index (χ3v) is 3.72. The quantitative estimate of drug-likeness (QED) is 0.570. The maximum absolute atomic E-state index is 11.8. The van der Waals surface area contributed by atoms with Crippen molar-refractivity contribution in [3.05, 3.63) is 0 Å². The Morgan fingerprint density at radius 1 is 1.31 bits per heavy atom. The van der Waals surface area contributed by atoms with E-state index in [0.717, 1.165) is 32.1 Å².